The topological polar surface area (TPSA) is 20.2 Å². The molecule has 0 unspecified atom stereocenters. The Balaban J connectivity index is 0.000000659. The average molecular weight is 244 g/mol. The Morgan fingerprint density at radius 3 is 1.89 bits per heavy atom. The molecule has 2 aromatic carbocycles. The Hall–Kier alpha value is -1.60. The highest BCUT2D eigenvalue weighted by Crippen LogP contribution is 2.19. The van der Waals surface area contributed by atoms with Crippen LogP contribution in [0, 0.1) is 0 Å². The van der Waals surface area contributed by atoms with E-state index in [2.05, 4.69) is 55.5 Å². The second kappa shape index (κ2) is 10.5. The predicted octanol–water partition coefficient (Wildman–Crippen LogP) is 4.55. The summed E-state index contributed by atoms with van der Waals surface area (Å²) < 4.78 is 0. The van der Waals surface area contributed by atoms with Crippen molar-refractivity contribution in [2.24, 2.45) is 0 Å². The van der Waals surface area contributed by atoms with Crippen LogP contribution >= 0.6 is 0 Å². The van der Waals surface area contributed by atoms with Crippen molar-refractivity contribution in [2.75, 3.05) is 7.11 Å². The molecule has 0 bridgehead atoms. The van der Waals surface area contributed by atoms with Crippen molar-refractivity contribution < 1.29 is 5.11 Å². The number of benzene rings is 2. The molecule has 0 saturated carbocycles. The normalized spacial score (nSPS) is 8.50. The van der Waals surface area contributed by atoms with E-state index in [0.717, 1.165) is 13.5 Å². The maximum absolute atomic E-state index is 7.00. The van der Waals surface area contributed by atoms with Gasteiger partial charge in [0.2, 0.25) is 0 Å². The summed E-state index contributed by atoms with van der Waals surface area (Å²) in [7, 11) is 1.00. The number of aliphatic hydroxyl groups excluding tert-OH is 1. The van der Waals surface area contributed by atoms with E-state index < -0.39 is 0 Å². The SMILES string of the molecule is CC.CCc1cccc(-c2ccccc2)c1.CO. The minimum Gasteiger partial charge on any atom is -0.400 e. The van der Waals surface area contributed by atoms with Gasteiger partial charge in [-0.15, -0.1) is 0 Å². The number of hydrogen-bond acceptors (Lipinski definition) is 1. The van der Waals surface area contributed by atoms with Crippen molar-refractivity contribution in [2.45, 2.75) is 27.2 Å². The van der Waals surface area contributed by atoms with E-state index in [4.69, 9.17) is 5.11 Å². The summed E-state index contributed by atoms with van der Waals surface area (Å²) >= 11 is 0. The minimum atomic E-state index is 1.00. The Morgan fingerprint density at radius 2 is 1.33 bits per heavy atom. The Bertz CT molecular complexity index is 407. The Labute approximate surface area is 111 Å². The zero-order chi connectivity index (χ0) is 13.8. The summed E-state index contributed by atoms with van der Waals surface area (Å²) in [6.45, 7) is 6.18. The van der Waals surface area contributed by atoms with Gasteiger partial charge in [-0.25, -0.2) is 0 Å². The maximum Gasteiger partial charge on any atom is 0.0319 e. The molecule has 0 atom stereocenters. The fraction of sp³-hybridized carbons (Fsp3) is 0.294. The number of rotatable bonds is 2. The van der Waals surface area contributed by atoms with E-state index in [0.29, 0.717) is 0 Å². The van der Waals surface area contributed by atoms with Crippen molar-refractivity contribution >= 4 is 0 Å². The summed E-state index contributed by atoms with van der Waals surface area (Å²) in [5, 5.41) is 7.00. The lowest BCUT2D eigenvalue weighted by Crippen LogP contribution is -1.81. The summed E-state index contributed by atoms with van der Waals surface area (Å²) in [6, 6.07) is 19.2. The van der Waals surface area contributed by atoms with Crippen LogP contribution in [0.4, 0.5) is 0 Å². The van der Waals surface area contributed by atoms with Gasteiger partial charge in [0.25, 0.3) is 0 Å². The fourth-order valence-electron chi connectivity index (χ4n) is 1.60. The van der Waals surface area contributed by atoms with Gasteiger partial charge in [0.15, 0.2) is 0 Å². The zero-order valence-corrected chi connectivity index (χ0v) is 11.9. The lowest BCUT2D eigenvalue weighted by Gasteiger charge is -2.03. The van der Waals surface area contributed by atoms with E-state index in [1.807, 2.05) is 19.9 Å². The van der Waals surface area contributed by atoms with Crippen molar-refractivity contribution in [3.8, 4) is 11.1 Å². The molecule has 0 spiro atoms. The molecule has 2 aromatic rings. The van der Waals surface area contributed by atoms with Crippen LogP contribution in [0.5, 0.6) is 0 Å². The fourth-order valence-corrected chi connectivity index (χ4v) is 1.60. The summed E-state index contributed by atoms with van der Waals surface area (Å²) in [6.07, 6.45) is 1.10. The monoisotopic (exact) mass is 244 g/mol. The first-order chi connectivity index (χ1) is 8.90. The van der Waals surface area contributed by atoms with Crippen LogP contribution in [-0.4, -0.2) is 12.2 Å². The van der Waals surface area contributed by atoms with E-state index in [9.17, 15) is 0 Å². The Morgan fingerprint density at radius 1 is 0.778 bits per heavy atom. The molecule has 0 aromatic heterocycles. The van der Waals surface area contributed by atoms with Crippen molar-refractivity contribution in [3.05, 3.63) is 60.2 Å². The van der Waals surface area contributed by atoms with Crippen molar-refractivity contribution in [1.29, 1.82) is 0 Å². The first-order valence-electron chi connectivity index (χ1n) is 6.49. The molecule has 0 radical (unpaired) electrons. The number of aliphatic hydroxyl groups is 1. The highest BCUT2D eigenvalue weighted by Gasteiger charge is 1.96. The van der Waals surface area contributed by atoms with Gasteiger partial charge in [0.05, 0.1) is 0 Å². The lowest BCUT2D eigenvalue weighted by atomic mass is 10.0. The molecule has 0 aliphatic carbocycles. The second-order valence-electron chi connectivity index (χ2n) is 3.42. The van der Waals surface area contributed by atoms with Crippen LogP contribution in [0.15, 0.2) is 54.6 Å². The molecule has 1 N–H and O–H groups in total. The molecule has 2 rings (SSSR count). The smallest absolute Gasteiger partial charge is 0.0319 e. The molecule has 0 aliphatic rings. The van der Waals surface area contributed by atoms with E-state index in [1.165, 1.54) is 16.7 Å². The molecule has 0 heterocycles. The third-order valence-corrected chi connectivity index (χ3v) is 2.44. The van der Waals surface area contributed by atoms with Gasteiger partial charge >= 0.3 is 0 Å². The summed E-state index contributed by atoms with van der Waals surface area (Å²) in [4.78, 5) is 0. The predicted molar refractivity (Wildman–Crippen MR) is 80.7 cm³/mol. The Kier molecular flexibility index (Phi) is 9.61. The van der Waals surface area contributed by atoms with Crippen LogP contribution in [0.25, 0.3) is 11.1 Å². The highest BCUT2D eigenvalue weighted by molar-refractivity contribution is 5.63. The van der Waals surface area contributed by atoms with Crippen molar-refractivity contribution in [1.82, 2.24) is 0 Å². The third-order valence-electron chi connectivity index (χ3n) is 2.44. The quantitative estimate of drug-likeness (QED) is 0.821. The van der Waals surface area contributed by atoms with Crippen LogP contribution in [0.1, 0.15) is 26.3 Å². The van der Waals surface area contributed by atoms with Gasteiger partial charge < -0.3 is 5.11 Å². The molecular weight excluding hydrogens is 220 g/mol. The third kappa shape index (κ3) is 5.15. The van der Waals surface area contributed by atoms with Gasteiger partial charge in [-0.2, -0.15) is 0 Å². The summed E-state index contributed by atoms with van der Waals surface area (Å²) in [5.74, 6) is 0. The van der Waals surface area contributed by atoms with E-state index in [1.54, 1.807) is 0 Å². The van der Waals surface area contributed by atoms with Gasteiger partial charge in [0, 0.05) is 7.11 Å². The molecule has 0 amide bonds. The van der Waals surface area contributed by atoms with E-state index in [-0.39, 0.29) is 0 Å². The minimum absolute atomic E-state index is 1.00. The van der Waals surface area contributed by atoms with Crippen LogP contribution in [0.2, 0.25) is 0 Å². The number of aryl methyl sites for hydroxylation is 1. The molecular formula is C17H24O. The van der Waals surface area contributed by atoms with Crippen molar-refractivity contribution in [3.63, 3.8) is 0 Å². The van der Waals surface area contributed by atoms with Crippen LogP contribution in [-0.2, 0) is 6.42 Å². The largest absolute Gasteiger partial charge is 0.400 e. The van der Waals surface area contributed by atoms with Gasteiger partial charge in [-0.05, 0) is 23.1 Å². The highest BCUT2D eigenvalue weighted by atomic mass is 16.2. The van der Waals surface area contributed by atoms with E-state index >= 15 is 0 Å². The molecule has 1 heteroatoms. The van der Waals surface area contributed by atoms with Gasteiger partial charge in [0.1, 0.15) is 0 Å². The molecule has 0 aliphatic heterocycles. The maximum atomic E-state index is 7.00. The molecule has 0 saturated heterocycles. The molecule has 18 heavy (non-hydrogen) atoms. The average Bonchev–Trinajstić information content (AvgIpc) is 2.52. The zero-order valence-electron chi connectivity index (χ0n) is 11.9. The standard InChI is InChI=1S/C14H14.C2H6.CH4O/c1-2-12-7-6-10-14(11-12)13-8-4-3-5-9-13;2*1-2/h3-11H,2H2,1H3;1-2H3;2H,1H3. The summed E-state index contributed by atoms with van der Waals surface area (Å²) in [5.41, 5.74) is 4.00. The molecule has 1 nitrogen and oxygen atoms in total. The molecule has 98 valence electrons. The lowest BCUT2D eigenvalue weighted by molar-refractivity contribution is 0.399. The van der Waals surface area contributed by atoms with Gasteiger partial charge in [-0.3, -0.25) is 0 Å². The molecule has 0 fully saturated rings. The van der Waals surface area contributed by atoms with Crippen LogP contribution in [0.3, 0.4) is 0 Å². The first-order valence-corrected chi connectivity index (χ1v) is 6.49. The van der Waals surface area contributed by atoms with Gasteiger partial charge in [-0.1, -0.05) is 75.4 Å². The van der Waals surface area contributed by atoms with Crippen LogP contribution < -0.4 is 0 Å². The second-order valence-corrected chi connectivity index (χ2v) is 3.42. The first kappa shape index (κ1) is 16.4. The number of hydrogen-bond donors (Lipinski definition) is 1.